The minimum atomic E-state index is -0.0529. The van der Waals surface area contributed by atoms with Gasteiger partial charge in [0.1, 0.15) is 0 Å². The minimum absolute atomic E-state index is 0.0529. The molecule has 5 nitrogen and oxygen atoms in total. The highest BCUT2D eigenvalue weighted by atomic mass is 16.3. The summed E-state index contributed by atoms with van der Waals surface area (Å²) in [6.45, 7) is 1.50. The number of amides is 1. The number of hydrogen-bond donors (Lipinski definition) is 1. The number of carbonyl (C=O) groups is 1. The molecular formula is C16H19N3O2. The molecule has 1 unspecified atom stereocenters. The van der Waals surface area contributed by atoms with Gasteiger partial charge in [-0.1, -0.05) is 18.2 Å². The lowest BCUT2D eigenvalue weighted by molar-refractivity contribution is 0.0614. The van der Waals surface area contributed by atoms with Crippen molar-refractivity contribution in [2.75, 3.05) is 19.7 Å². The number of benzene rings is 1. The molecule has 1 aromatic carbocycles. The average Bonchev–Trinajstić information content (AvgIpc) is 3.05. The van der Waals surface area contributed by atoms with E-state index in [4.69, 9.17) is 0 Å². The quantitative estimate of drug-likeness (QED) is 0.934. The second kappa shape index (κ2) is 6.10. The van der Waals surface area contributed by atoms with Crippen LogP contribution < -0.4 is 0 Å². The summed E-state index contributed by atoms with van der Waals surface area (Å²) in [5.41, 5.74) is 1.39. The second-order valence-electron chi connectivity index (χ2n) is 5.42. The largest absolute Gasteiger partial charge is 0.396 e. The highest BCUT2D eigenvalue weighted by Crippen LogP contribution is 2.18. The molecule has 1 aliphatic heterocycles. The van der Waals surface area contributed by atoms with Crippen molar-refractivity contribution in [1.29, 1.82) is 0 Å². The number of rotatable bonds is 3. The lowest BCUT2D eigenvalue weighted by atomic mass is 9.99. The number of carbonyl (C=O) groups excluding carboxylic acids is 1. The Bertz CT molecular complexity index is 609. The predicted octanol–water partition coefficient (Wildman–Crippen LogP) is 1.72. The lowest BCUT2D eigenvalue weighted by Crippen LogP contribution is -2.41. The summed E-state index contributed by atoms with van der Waals surface area (Å²) in [4.78, 5) is 14.3. The molecule has 5 heteroatoms. The normalized spacial score (nSPS) is 18.7. The Hall–Kier alpha value is -2.14. The highest BCUT2D eigenvalue weighted by Gasteiger charge is 2.25. The van der Waals surface area contributed by atoms with Crippen LogP contribution in [0.2, 0.25) is 0 Å². The van der Waals surface area contributed by atoms with Gasteiger partial charge in [-0.15, -0.1) is 0 Å². The lowest BCUT2D eigenvalue weighted by Gasteiger charge is -2.31. The maximum absolute atomic E-state index is 12.5. The molecule has 0 aliphatic carbocycles. The zero-order chi connectivity index (χ0) is 14.7. The summed E-state index contributed by atoms with van der Waals surface area (Å²) >= 11 is 0. The van der Waals surface area contributed by atoms with E-state index in [1.807, 2.05) is 30.3 Å². The molecule has 1 N–H and O–H groups in total. The molecule has 1 fully saturated rings. The number of piperidine rings is 1. The van der Waals surface area contributed by atoms with Crippen LogP contribution in [0.5, 0.6) is 0 Å². The fourth-order valence-corrected chi connectivity index (χ4v) is 2.72. The molecule has 0 bridgehead atoms. The van der Waals surface area contributed by atoms with Crippen LogP contribution in [0.4, 0.5) is 0 Å². The van der Waals surface area contributed by atoms with Crippen molar-refractivity contribution >= 4 is 5.91 Å². The van der Waals surface area contributed by atoms with Gasteiger partial charge >= 0.3 is 0 Å². The first-order valence-corrected chi connectivity index (χ1v) is 7.29. The van der Waals surface area contributed by atoms with Crippen molar-refractivity contribution < 1.29 is 9.90 Å². The highest BCUT2D eigenvalue weighted by molar-refractivity contribution is 5.92. The van der Waals surface area contributed by atoms with Gasteiger partial charge < -0.3 is 10.0 Å². The van der Waals surface area contributed by atoms with Crippen molar-refractivity contribution in [1.82, 2.24) is 14.7 Å². The Labute approximate surface area is 123 Å². The first kappa shape index (κ1) is 13.8. The van der Waals surface area contributed by atoms with Gasteiger partial charge in [-0.2, -0.15) is 5.10 Å². The van der Waals surface area contributed by atoms with Gasteiger partial charge in [-0.25, -0.2) is 4.68 Å². The molecule has 110 valence electrons. The first-order chi connectivity index (χ1) is 10.3. The van der Waals surface area contributed by atoms with Gasteiger partial charge in [0.15, 0.2) is 5.69 Å². The molecule has 2 aromatic rings. The molecule has 1 aliphatic rings. The van der Waals surface area contributed by atoms with Gasteiger partial charge in [0, 0.05) is 25.9 Å². The topological polar surface area (TPSA) is 58.4 Å². The number of aliphatic hydroxyl groups is 1. The molecule has 1 aromatic heterocycles. The van der Waals surface area contributed by atoms with Gasteiger partial charge in [-0.3, -0.25) is 4.79 Å². The van der Waals surface area contributed by atoms with Gasteiger partial charge in [0.25, 0.3) is 5.91 Å². The number of aromatic nitrogens is 2. The molecule has 0 saturated carbocycles. The van der Waals surface area contributed by atoms with E-state index in [0.717, 1.165) is 25.1 Å². The van der Waals surface area contributed by atoms with Crippen LogP contribution in [0.25, 0.3) is 5.69 Å². The SMILES string of the molecule is O=C(c1ccn(-c2ccccc2)n1)N1CCCC(CO)C1. The Kier molecular flexibility index (Phi) is 4.01. The van der Waals surface area contributed by atoms with E-state index in [2.05, 4.69) is 5.10 Å². The number of nitrogens with zero attached hydrogens (tertiary/aromatic N) is 3. The van der Waals surface area contributed by atoms with Crippen LogP contribution in [0.1, 0.15) is 23.3 Å². The third-order valence-corrected chi connectivity index (χ3v) is 3.89. The average molecular weight is 285 g/mol. The van der Waals surface area contributed by atoms with E-state index in [-0.39, 0.29) is 18.4 Å². The summed E-state index contributed by atoms with van der Waals surface area (Å²) in [6.07, 6.45) is 3.73. The monoisotopic (exact) mass is 285 g/mol. The molecule has 2 heterocycles. The number of hydrogen-bond acceptors (Lipinski definition) is 3. The molecule has 3 rings (SSSR count). The van der Waals surface area contributed by atoms with Crippen molar-refractivity contribution in [2.24, 2.45) is 5.92 Å². The Morgan fingerprint density at radius 3 is 2.86 bits per heavy atom. The van der Waals surface area contributed by atoms with Crippen molar-refractivity contribution in [3.8, 4) is 5.69 Å². The van der Waals surface area contributed by atoms with E-state index in [9.17, 15) is 9.90 Å². The van der Waals surface area contributed by atoms with Crippen LogP contribution in [-0.4, -0.2) is 45.4 Å². The summed E-state index contributed by atoms with van der Waals surface area (Å²) in [6, 6.07) is 11.5. The number of para-hydroxylation sites is 1. The first-order valence-electron chi connectivity index (χ1n) is 7.29. The minimum Gasteiger partial charge on any atom is -0.396 e. The van der Waals surface area contributed by atoms with Crippen LogP contribution in [0.3, 0.4) is 0 Å². The van der Waals surface area contributed by atoms with E-state index in [1.54, 1.807) is 21.8 Å². The van der Waals surface area contributed by atoms with Crippen LogP contribution >= 0.6 is 0 Å². The van der Waals surface area contributed by atoms with Gasteiger partial charge in [0.05, 0.1) is 5.69 Å². The maximum Gasteiger partial charge on any atom is 0.274 e. The summed E-state index contributed by atoms with van der Waals surface area (Å²) in [5, 5.41) is 13.6. The van der Waals surface area contributed by atoms with Gasteiger partial charge in [0.2, 0.25) is 0 Å². The smallest absolute Gasteiger partial charge is 0.274 e. The molecule has 1 amide bonds. The molecule has 0 spiro atoms. The molecule has 1 saturated heterocycles. The fraction of sp³-hybridized carbons (Fsp3) is 0.375. The second-order valence-corrected chi connectivity index (χ2v) is 5.42. The van der Waals surface area contributed by atoms with E-state index < -0.39 is 0 Å². The van der Waals surface area contributed by atoms with E-state index >= 15 is 0 Å². The van der Waals surface area contributed by atoms with Crippen LogP contribution in [0.15, 0.2) is 42.6 Å². The Morgan fingerprint density at radius 1 is 1.29 bits per heavy atom. The summed E-state index contributed by atoms with van der Waals surface area (Å²) in [7, 11) is 0. The predicted molar refractivity (Wildman–Crippen MR) is 79.3 cm³/mol. The Morgan fingerprint density at radius 2 is 2.10 bits per heavy atom. The van der Waals surface area contributed by atoms with Crippen LogP contribution in [0, 0.1) is 5.92 Å². The zero-order valence-electron chi connectivity index (χ0n) is 11.9. The van der Waals surface area contributed by atoms with Crippen molar-refractivity contribution in [3.05, 3.63) is 48.3 Å². The maximum atomic E-state index is 12.5. The van der Waals surface area contributed by atoms with E-state index in [1.165, 1.54) is 0 Å². The summed E-state index contributed by atoms with van der Waals surface area (Å²) in [5.74, 6) is 0.141. The van der Waals surface area contributed by atoms with Crippen LogP contribution in [-0.2, 0) is 0 Å². The molecule has 21 heavy (non-hydrogen) atoms. The fourth-order valence-electron chi connectivity index (χ4n) is 2.72. The Balaban J connectivity index is 1.75. The molecule has 1 atom stereocenters. The van der Waals surface area contributed by atoms with Crippen molar-refractivity contribution in [2.45, 2.75) is 12.8 Å². The summed E-state index contributed by atoms with van der Waals surface area (Å²) < 4.78 is 1.71. The van der Waals surface area contributed by atoms with E-state index in [0.29, 0.717) is 12.2 Å². The number of aliphatic hydroxyl groups excluding tert-OH is 1. The third-order valence-electron chi connectivity index (χ3n) is 3.89. The third kappa shape index (κ3) is 2.97. The van der Waals surface area contributed by atoms with Gasteiger partial charge in [-0.05, 0) is 37.0 Å². The van der Waals surface area contributed by atoms with Crippen molar-refractivity contribution in [3.63, 3.8) is 0 Å². The standard InChI is InChI=1S/C16H19N3O2/c20-12-13-5-4-9-18(11-13)16(21)15-8-10-19(17-15)14-6-2-1-3-7-14/h1-3,6-8,10,13,20H,4-5,9,11-12H2. The number of likely N-dealkylation sites (tertiary alicyclic amines) is 1. The zero-order valence-corrected chi connectivity index (χ0v) is 11.9. The molecular weight excluding hydrogens is 266 g/mol. The molecule has 0 radical (unpaired) electrons.